The molecule has 0 unspecified atom stereocenters. The minimum Gasteiger partial charge on any atom is -0.406 e. The standard InChI is InChI=1S/C26H21F6N7O4S/c1-39(18-9-5-15(6-10-18)36-24(40)37-16-7-11-19(12-8-16)43-26(30,31)32)22-21(25(27,28)29)14-34-23(38-22)35-17-3-2-4-20(13-17)44(33,41)42/h2-14H,1H3,(H2,33,41,42)(H,34,35,38)(H2,36,37,40). The molecule has 0 saturated heterocycles. The third kappa shape index (κ3) is 8.48. The van der Waals surface area contributed by atoms with Gasteiger partial charge < -0.3 is 25.6 Å². The van der Waals surface area contributed by atoms with E-state index in [0.29, 0.717) is 6.20 Å². The van der Waals surface area contributed by atoms with E-state index in [-0.39, 0.29) is 33.6 Å². The molecular weight excluding hydrogens is 620 g/mol. The summed E-state index contributed by atoms with van der Waals surface area (Å²) in [7, 11) is -2.72. The third-order valence-electron chi connectivity index (χ3n) is 5.67. The summed E-state index contributed by atoms with van der Waals surface area (Å²) in [6.07, 6.45) is -9.11. The highest BCUT2D eigenvalue weighted by Crippen LogP contribution is 2.38. The molecule has 0 radical (unpaired) electrons. The quantitative estimate of drug-likeness (QED) is 0.166. The third-order valence-corrected chi connectivity index (χ3v) is 6.58. The zero-order chi connectivity index (χ0) is 32.3. The van der Waals surface area contributed by atoms with Crippen molar-refractivity contribution >= 4 is 50.6 Å². The first-order valence-corrected chi connectivity index (χ1v) is 13.6. The van der Waals surface area contributed by atoms with E-state index in [0.717, 1.165) is 17.0 Å². The molecule has 3 aromatic carbocycles. The second kappa shape index (κ2) is 12.3. The summed E-state index contributed by atoms with van der Waals surface area (Å²) in [6, 6.07) is 14.5. The van der Waals surface area contributed by atoms with Crippen molar-refractivity contribution < 1.29 is 44.3 Å². The topological polar surface area (TPSA) is 152 Å². The number of anilines is 6. The van der Waals surface area contributed by atoms with E-state index < -0.39 is 45.7 Å². The van der Waals surface area contributed by atoms with Crippen LogP contribution in [0.1, 0.15) is 5.56 Å². The molecule has 0 fully saturated rings. The van der Waals surface area contributed by atoms with Crippen molar-refractivity contribution in [2.24, 2.45) is 5.14 Å². The Labute approximate surface area is 245 Å². The van der Waals surface area contributed by atoms with Crippen LogP contribution in [0, 0.1) is 0 Å². The van der Waals surface area contributed by atoms with E-state index in [1.807, 2.05) is 0 Å². The summed E-state index contributed by atoms with van der Waals surface area (Å²) in [5.74, 6) is -1.27. The second-order valence-electron chi connectivity index (χ2n) is 8.88. The van der Waals surface area contributed by atoms with Crippen LogP contribution in [0.25, 0.3) is 0 Å². The number of ether oxygens (including phenoxy) is 1. The Bertz CT molecular complexity index is 1750. The Morgan fingerprint density at radius 3 is 2.02 bits per heavy atom. The molecule has 4 aromatic rings. The second-order valence-corrected chi connectivity index (χ2v) is 10.4. The summed E-state index contributed by atoms with van der Waals surface area (Å²) in [4.78, 5) is 20.9. The van der Waals surface area contributed by atoms with E-state index in [4.69, 9.17) is 5.14 Å². The highest BCUT2D eigenvalue weighted by atomic mass is 32.2. The number of aromatic nitrogens is 2. The molecule has 0 aliphatic rings. The predicted octanol–water partition coefficient (Wildman–Crippen LogP) is 6.20. The number of carbonyl (C=O) groups excluding carboxylic acids is 1. The predicted molar refractivity (Wildman–Crippen MR) is 148 cm³/mol. The molecule has 0 spiro atoms. The van der Waals surface area contributed by atoms with E-state index in [9.17, 15) is 39.6 Å². The molecule has 1 aromatic heterocycles. The summed E-state index contributed by atoms with van der Waals surface area (Å²) in [5, 5.41) is 12.7. The van der Waals surface area contributed by atoms with Crippen LogP contribution in [-0.4, -0.2) is 37.8 Å². The first-order valence-electron chi connectivity index (χ1n) is 12.1. The number of nitrogens with two attached hydrogens (primary N) is 1. The van der Waals surface area contributed by atoms with Crippen LogP contribution in [0.15, 0.2) is 83.9 Å². The first kappa shape index (κ1) is 31.8. The zero-order valence-electron chi connectivity index (χ0n) is 22.2. The number of benzene rings is 3. The zero-order valence-corrected chi connectivity index (χ0v) is 23.1. The molecule has 2 amide bonds. The van der Waals surface area contributed by atoms with Gasteiger partial charge in [-0.1, -0.05) is 6.07 Å². The summed E-state index contributed by atoms with van der Waals surface area (Å²) < 4.78 is 105. The number of sulfonamides is 1. The van der Waals surface area contributed by atoms with Gasteiger partial charge in [0.05, 0.1) is 4.90 Å². The minimum atomic E-state index is -4.86. The van der Waals surface area contributed by atoms with Gasteiger partial charge in [-0.3, -0.25) is 0 Å². The maximum absolute atomic E-state index is 13.8. The number of nitrogens with zero attached hydrogens (tertiary/aromatic N) is 3. The van der Waals surface area contributed by atoms with E-state index in [2.05, 4.69) is 30.7 Å². The largest absolute Gasteiger partial charge is 0.573 e. The maximum Gasteiger partial charge on any atom is 0.573 e. The van der Waals surface area contributed by atoms with E-state index in [1.165, 1.54) is 67.7 Å². The SMILES string of the molecule is CN(c1ccc(NC(=O)Nc2ccc(OC(F)(F)F)cc2)cc1)c1nc(Nc2cccc(S(N)(=O)=O)c2)ncc1C(F)(F)F. The molecule has 0 aliphatic carbocycles. The van der Waals surface area contributed by atoms with E-state index in [1.54, 1.807) is 0 Å². The van der Waals surface area contributed by atoms with Crippen molar-refractivity contribution in [3.63, 3.8) is 0 Å². The normalized spacial score (nSPS) is 11.9. The van der Waals surface area contributed by atoms with Gasteiger partial charge in [0.25, 0.3) is 0 Å². The fourth-order valence-electron chi connectivity index (χ4n) is 3.69. The first-order chi connectivity index (χ1) is 20.5. The molecule has 18 heteroatoms. The summed E-state index contributed by atoms with van der Waals surface area (Å²) >= 11 is 0. The van der Waals surface area contributed by atoms with Crippen molar-refractivity contribution in [3.05, 3.63) is 84.6 Å². The average Bonchev–Trinajstić information content (AvgIpc) is 2.92. The van der Waals surface area contributed by atoms with Gasteiger partial charge >= 0.3 is 18.6 Å². The van der Waals surface area contributed by atoms with Gasteiger partial charge in [-0.25, -0.2) is 23.3 Å². The van der Waals surface area contributed by atoms with Gasteiger partial charge in [-0.15, -0.1) is 13.2 Å². The number of rotatable bonds is 8. The highest BCUT2D eigenvalue weighted by Gasteiger charge is 2.36. The Morgan fingerprint density at radius 2 is 1.48 bits per heavy atom. The van der Waals surface area contributed by atoms with Gasteiger partial charge in [0.2, 0.25) is 16.0 Å². The van der Waals surface area contributed by atoms with Gasteiger partial charge in [-0.05, 0) is 66.7 Å². The molecular formula is C26H21F6N7O4S. The van der Waals surface area contributed by atoms with Crippen molar-refractivity contribution in [2.45, 2.75) is 17.4 Å². The van der Waals surface area contributed by atoms with Gasteiger partial charge in [-0.2, -0.15) is 18.2 Å². The number of hydrogen-bond donors (Lipinski definition) is 4. The van der Waals surface area contributed by atoms with Gasteiger partial charge in [0.1, 0.15) is 11.3 Å². The Balaban J connectivity index is 1.49. The summed E-state index contributed by atoms with van der Waals surface area (Å²) in [5.41, 5.74) is -0.353. The van der Waals surface area contributed by atoms with Crippen molar-refractivity contribution in [1.29, 1.82) is 0 Å². The van der Waals surface area contributed by atoms with Crippen molar-refractivity contribution in [3.8, 4) is 5.75 Å². The molecule has 5 N–H and O–H groups in total. The molecule has 1 heterocycles. The van der Waals surface area contributed by atoms with Crippen LogP contribution in [0.2, 0.25) is 0 Å². The molecule has 0 atom stereocenters. The molecule has 44 heavy (non-hydrogen) atoms. The molecule has 11 nitrogen and oxygen atoms in total. The molecule has 0 aliphatic heterocycles. The fraction of sp³-hybridized carbons (Fsp3) is 0.115. The number of primary sulfonamides is 1. The number of hydrogen-bond acceptors (Lipinski definition) is 8. The van der Waals surface area contributed by atoms with Crippen LogP contribution in [-0.2, 0) is 16.2 Å². The highest BCUT2D eigenvalue weighted by molar-refractivity contribution is 7.89. The van der Waals surface area contributed by atoms with Crippen molar-refractivity contribution in [1.82, 2.24) is 9.97 Å². The van der Waals surface area contributed by atoms with Gasteiger partial charge in [0.15, 0.2) is 5.82 Å². The lowest BCUT2D eigenvalue weighted by atomic mass is 10.2. The fourth-order valence-corrected chi connectivity index (χ4v) is 4.25. The Kier molecular flexibility index (Phi) is 8.86. The number of amides is 2. The maximum atomic E-state index is 13.8. The smallest absolute Gasteiger partial charge is 0.406 e. The summed E-state index contributed by atoms with van der Waals surface area (Å²) in [6.45, 7) is 0. The molecule has 0 bridgehead atoms. The van der Waals surface area contributed by atoms with Crippen LogP contribution in [0.3, 0.4) is 0 Å². The van der Waals surface area contributed by atoms with Crippen molar-refractivity contribution in [2.75, 3.05) is 27.9 Å². The van der Waals surface area contributed by atoms with E-state index >= 15 is 0 Å². The molecule has 4 rings (SSSR count). The Morgan fingerprint density at radius 1 is 0.886 bits per heavy atom. The number of alkyl halides is 6. The number of halogens is 6. The van der Waals surface area contributed by atoms with Crippen LogP contribution in [0.4, 0.5) is 65.7 Å². The molecule has 232 valence electrons. The lowest BCUT2D eigenvalue weighted by molar-refractivity contribution is -0.274. The van der Waals surface area contributed by atoms with Crippen LogP contribution < -0.4 is 30.7 Å². The monoisotopic (exact) mass is 641 g/mol. The molecule has 0 saturated carbocycles. The van der Waals surface area contributed by atoms with Crippen LogP contribution >= 0.6 is 0 Å². The lowest BCUT2D eigenvalue weighted by Gasteiger charge is -2.23. The lowest BCUT2D eigenvalue weighted by Crippen LogP contribution is -2.20. The number of carbonyl (C=O) groups is 1. The minimum absolute atomic E-state index is 0.157. The average molecular weight is 642 g/mol. The number of urea groups is 1. The number of nitrogens with one attached hydrogen (secondary N) is 3. The van der Waals surface area contributed by atoms with Gasteiger partial charge in [0, 0.05) is 36.0 Å². The Hall–Kier alpha value is -5.10. The van der Waals surface area contributed by atoms with Crippen LogP contribution in [0.5, 0.6) is 5.75 Å².